The second-order valence-electron chi connectivity index (χ2n) is 5.34. The number of rotatable bonds is 2. The first-order valence-corrected chi connectivity index (χ1v) is 6.80. The molecule has 1 aliphatic heterocycles. The molecule has 0 atom stereocenters. The summed E-state index contributed by atoms with van der Waals surface area (Å²) in [7, 11) is 2.07. The molecule has 1 aliphatic carbocycles. The van der Waals surface area contributed by atoms with Crippen molar-refractivity contribution in [3.63, 3.8) is 0 Å². The van der Waals surface area contributed by atoms with Gasteiger partial charge in [0.2, 0.25) is 0 Å². The summed E-state index contributed by atoms with van der Waals surface area (Å²) in [6.07, 6.45) is 2.42. The molecule has 2 heterocycles. The van der Waals surface area contributed by atoms with Gasteiger partial charge in [0.05, 0.1) is 5.69 Å². The molecule has 0 bridgehead atoms. The lowest BCUT2D eigenvalue weighted by Crippen LogP contribution is -2.48. The van der Waals surface area contributed by atoms with Gasteiger partial charge < -0.3 is 9.80 Å². The Bertz CT molecular complexity index is 449. The third-order valence-electron chi connectivity index (χ3n) is 3.71. The van der Waals surface area contributed by atoms with Crippen LogP contribution in [0.15, 0.2) is 12.1 Å². The highest BCUT2D eigenvalue weighted by Gasteiger charge is 2.25. The van der Waals surface area contributed by atoms with Gasteiger partial charge in [-0.05, 0) is 32.0 Å². The van der Waals surface area contributed by atoms with Crippen LogP contribution in [0.1, 0.15) is 24.5 Å². The maximum Gasteiger partial charge on any atom is 0.323 e. The highest BCUT2D eigenvalue weighted by Crippen LogP contribution is 2.38. The van der Waals surface area contributed by atoms with Crippen LogP contribution in [-0.2, 0) is 0 Å². The van der Waals surface area contributed by atoms with Gasteiger partial charge in [0, 0.05) is 32.1 Å². The molecule has 6 nitrogen and oxygen atoms in total. The Morgan fingerprint density at radius 2 is 1.95 bits per heavy atom. The van der Waals surface area contributed by atoms with Crippen LogP contribution in [0.4, 0.5) is 10.6 Å². The minimum atomic E-state index is -0.0819. The topological polar surface area (TPSA) is 61.4 Å². The molecule has 1 saturated heterocycles. The lowest BCUT2D eigenvalue weighted by atomic mass is 10.3. The molecule has 102 valence electrons. The molecule has 0 unspecified atom stereocenters. The quantitative estimate of drug-likeness (QED) is 0.867. The van der Waals surface area contributed by atoms with Gasteiger partial charge >= 0.3 is 6.03 Å². The van der Waals surface area contributed by atoms with Crippen molar-refractivity contribution in [2.45, 2.75) is 18.8 Å². The Labute approximate surface area is 112 Å². The van der Waals surface area contributed by atoms with Crippen LogP contribution in [0.25, 0.3) is 0 Å². The van der Waals surface area contributed by atoms with Crippen molar-refractivity contribution in [1.82, 2.24) is 20.0 Å². The van der Waals surface area contributed by atoms with Gasteiger partial charge in [0.1, 0.15) is 0 Å². The number of nitrogens with one attached hydrogen (secondary N) is 1. The zero-order chi connectivity index (χ0) is 13.2. The molecule has 1 aromatic rings. The van der Waals surface area contributed by atoms with Crippen LogP contribution in [0.2, 0.25) is 0 Å². The Kier molecular flexibility index (Phi) is 3.33. The molecule has 1 saturated carbocycles. The van der Waals surface area contributed by atoms with Crippen molar-refractivity contribution in [1.29, 1.82) is 0 Å². The number of carbonyl (C=O) groups excluding carboxylic acids is 1. The van der Waals surface area contributed by atoms with Crippen molar-refractivity contribution in [2.75, 3.05) is 38.5 Å². The van der Waals surface area contributed by atoms with Gasteiger partial charge in [0.15, 0.2) is 5.82 Å². The minimum Gasteiger partial charge on any atom is -0.322 e. The summed E-state index contributed by atoms with van der Waals surface area (Å²) in [5.41, 5.74) is 1.04. The maximum absolute atomic E-state index is 12.0. The van der Waals surface area contributed by atoms with Crippen molar-refractivity contribution in [3.8, 4) is 0 Å². The van der Waals surface area contributed by atoms with Crippen LogP contribution in [-0.4, -0.2) is 59.3 Å². The van der Waals surface area contributed by atoms with E-state index >= 15 is 0 Å². The minimum absolute atomic E-state index is 0.0819. The van der Waals surface area contributed by atoms with Crippen molar-refractivity contribution < 1.29 is 4.79 Å². The summed E-state index contributed by atoms with van der Waals surface area (Å²) in [6.45, 7) is 3.35. The number of aromatic nitrogens is 2. The van der Waals surface area contributed by atoms with E-state index in [1.54, 1.807) is 0 Å². The zero-order valence-corrected chi connectivity index (χ0v) is 11.2. The van der Waals surface area contributed by atoms with E-state index < -0.39 is 0 Å². The number of nitrogens with zero attached hydrogens (tertiary/aromatic N) is 4. The Hall–Kier alpha value is -1.69. The van der Waals surface area contributed by atoms with Gasteiger partial charge in [-0.1, -0.05) is 0 Å². The van der Waals surface area contributed by atoms with E-state index in [-0.39, 0.29) is 6.03 Å². The molecule has 2 fully saturated rings. The van der Waals surface area contributed by atoms with E-state index in [1.807, 2.05) is 17.0 Å². The summed E-state index contributed by atoms with van der Waals surface area (Å²) in [5, 5.41) is 11.0. The zero-order valence-electron chi connectivity index (χ0n) is 11.2. The number of hydrogen-bond donors (Lipinski definition) is 1. The predicted octanol–water partition coefficient (Wildman–Crippen LogP) is 1.13. The normalized spacial score (nSPS) is 20.4. The first-order valence-electron chi connectivity index (χ1n) is 6.80. The first-order chi connectivity index (χ1) is 9.22. The number of piperazine rings is 1. The monoisotopic (exact) mass is 261 g/mol. The van der Waals surface area contributed by atoms with Crippen molar-refractivity contribution in [2.24, 2.45) is 0 Å². The van der Waals surface area contributed by atoms with E-state index in [9.17, 15) is 4.79 Å². The summed E-state index contributed by atoms with van der Waals surface area (Å²) in [4.78, 5) is 16.1. The van der Waals surface area contributed by atoms with E-state index in [4.69, 9.17) is 0 Å². The second kappa shape index (κ2) is 5.13. The Morgan fingerprint density at radius 3 is 2.53 bits per heavy atom. The number of amides is 2. The van der Waals surface area contributed by atoms with Crippen molar-refractivity contribution in [3.05, 3.63) is 17.8 Å². The standard InChI is InChI=1S/C13H19N5O/c1-17-6-8-18(9-7-17)13(19)14-12-5-4-11(15-16-12)10-2-3-10/h4-5,10H,2-3,6-9H2,1H3,(H,14,16,19). The Balaban J connectivity index is 1.56. The maximum atomic E-state index is 12.0. The molecule has 2 amide bonds. The van der Waals surface area contributed by atoms with E-state index in [2.05, 4.69) is 27.5 Å². The summed E-state index contributed by atoms with van der Waals surface area (Å²) in [5.74, 6) is 1.13. The van der Waals surface area contributed by atoms with Gasteiger partial charge in [0.25, 0.3) is 0 Å². The summed E-state index contributed by atoms with van der Waals surface area (Å²) >= 11 is 0. The van der Waals surface area contributed by atoms with Gasteiger partial charge in [-0.2, -0.15) is 5.10 Å². The van der Waals surface area contributed by atoms with Crippen LogP contribution in [0.5, 0.6) is 0 Å². The van der Waals surface area contributed by atoms with Crippen molar-refractivity contribution >= 4 is 11.8 Å². The average Bonchev–Trinajstić information content (AvgIpc) is 3.25. The molecule has 3 rings (SSSR count). The molecule has 0 aromatic carbocycles. The largest absolute Gasteiger partial charge is 0.323 e. The molecule has 2 aliphatic rings. The average molecular weight is 261 g/mol. The molecule has 0 radical (unpaired) electrons. The fourth-order valence-corrected chi connectivity index (χ4v) is 2.20. The fraction of sp³-hybridized carbons (Fsp3) is 0.615. The number of likely N-dealkylation sites (N-methyl/N-ethyl adjacent to an activating group) is 1. The highest BCUT2D eigenvalue weighted by atomic mass is 16.2. The molecular weight excluding hydrogens is 242 g/mol. The molecule has 1 aromatic heterocycles. The number of carbonyl (C=O) groups is 1. The first kappa shape index (κ1) is 12.3. The van der Waals surface area contributed by atoms with Gasteiger partial charge in [-0.15, -0.1) is 5.10 Å². The third-order valence-corrected chi connectivity index (χ3v) is 3.71. The lowest BCUT2D eigenvalue weighted by molar-refractivity contribution is 0.164. The van der Waals surface area contributed by atoms with Gasteiger partial charge in [-0.3, -0.25) is 5.32 Å². The molecule has 19 heavy (non-hydrogen) atoms. The Morgan fingerprint density at radius 1 is 1.21 bits per heavy atom. The smallest absolute Gasteiger partial charge is 0.322 e. The summed E-state index contributed by atoms with van der Waals surface area (Å²) < 4.78 is 0. The molecule has 0 spiro atoms. The molecule has 6 heteroatoms. The summed E-state index contributed by atoms with van der Waals surface area (Å²) in [6, 6.07) is 3.72. The second-order valence-corrected chi connectivity index (χ2v) is 5.34. The van der Waals surface area contributed by atoms with E-state index in [1.165, 1.54) is 12.8 Å². The number of anilines is 1. The SMILES string of the molecule is CN1CCN(C(=O)Nc2ccc(C3CC3)nn2)CC1. The van der Waals surface area contributed by atoms with Crippen LogP contribution >= 0.6 is 0 Å². The highest BCUT2D eigenvalue weighted by molar-refractivity contribution is 5.88. The number of hydrogen-bond acceptors (Lipinski definition) is 4. The van der Waals surface area contributed by atoms with E-state index in [0.717, 1.165) is 31.9 Å². The van der Waals surface area contributed by atoms with Gasteiger partial charge in [-0.25, -0.2) is 4.79 Å². The third kappa shape index (κ3) is 3.01. The van der Waals surface area contributed by atoms with Crippen LogP contribution in [0, 0.1) is 0 Å². The molecular formula is C13H19N5O. The van der Waals surface area contributed by atoms with Crippen LogP contribution < -0.4 is 5.32 Å². The van der Waals surface area contributed by atoms with Crippen LogP contribution in [0.3, 0.4) is 0 Å². The fourth-order valence-electron chi connectivity index (χ4n) is 2.20. The number of urea groups is 1. The lowest BCUT2D eigenvalue weighted by Gasteiger charge is -2.32. The van der Waals surface area contributed by atoms with E-state index in [0.29, 0.717) is 11.7 Å². The molecule has 1 N–H and O–H groups in total. The predicted molar refractivity (Wildman–Crippen MR) is 72.1 cm³/mol.